The van der Waals surface area contributed by atoms with Gasteiger partial charge in [0.25, 0.3) is 0 Å². The molecule has 1 N–H and O–H groups in total. The molecule has 0 aromatic rings. The van der Waals surface area contributed by atoms with Crippen LogP contribution >= 0.6 is 0 Å². The minimum atomic E-state index is 0.680. The second-order valence-corrected chi connectivity index (χ2v) is 5.16. The van der Waals surface area contributed by atoms with Crippen molar-refractivity contribution in [1.29, 1.82) is 0 Å². The lowest BCUT2D eigenvalue weighted by Gasteiger charge is -2.22. The third-order valence-electron chi connectivity index (χ3n) is 4.23. The summed E-state index contributed by atoms with van der Waals surface area (Å²) in [7, 11) is 0. The molecular weight excluding hydrogens is 172 g/mol. The van der Waals surface area contributed by atoms with E-state index < -0.39 is 0 Å². The van der Waals surface area contributed by atoms with Crippen LogP contribution in [0.5, 0.6) is 0 Å². The van der Waals surface area contributed by atoms with Gasteiger partial charge in [0, 0.05) is 25.2 Å². The molecule has 0 aromatic carbocycles. The van der Waals surface area contributed by atoms with Gasteiger partial charge >= 0.3 is 0 Å². The SMILES string of the molecule is CCNC1CN(C(C)CC)CC12CC2. The smallest absolute Gasteiger partial charge is 0.0263 e. The molecule has 1 spiro atoms. The minimum Gasteiger partial charge on any atom is -0.312 e. The topological polar surface area (TPSA) is 15.3 Å². The van der Waals surface area contributed by atoms with E-state index in [1.165, 1.54) is 32.4 Å². The zero-order chi connectivity index (χ0) is 10.2. The third-order valence-corrected chi connectivity index (χ3v) is 4.23. The first-order chi connectivity index (χ1) is 6.72. The summed E-state index contributed by atoms with van der Waals surface area (Å²) < 4.78 is 0. The monoisotopic (exact) mass is 196 g/mol. The molecule has 2 atom stereocenters. The van der Waals surface area contributed by atoms with Crippen LogP contribution in [0.25, 0.3) is 0 Å². The maximum Gasteiger partial charge on any atom is 0.0263 e. The minimum absolute atomic E-state index is 0.680. The number of hydrogen-bond donors (Lipinski definition) is 1. The maximum atomic E-state index is 3.66. The summed E-state index contributed by atoms with van der Waals surface area (Å²) in [5.41, 5.74) is 0.680. The molecule has 1 heterocycles. The van der Waals surface area contributed by atoms with Crippen LogP contribution in [0.1, 0.15) is 40.0 Å². The van der Waals surface area contributed by atoms with Gasteiger partial charge in [0.2, 0.25) is 0 Å². The molecule has 2 aliphatic rings. The molecule has 14 heavy (non-hydrogen) atoms. The second kappa shape index (κ2) is 3.82. The van der Waals surface area contributed by atoms with Crippen LogP contribution < -0.4 is 5.32 Å². The fourth-order valence-corrected chi connectivity index (χ4v) is 2.80. The molecule has 1 saturated carbocycles. The molecule has 1 saturated heterocycles. The number of nitrogens with one attached hydrogen (secondary N) is 1. The summed E-state index contributed by atoms with van der Waals surface area (Å²) in [5, 5.41) is 3.66. The van der Waals surface area contributed by atoms with Gasteiger partial charge in [0.1, 0.15) is 0 Å². The van der Waals surface area contributed by atoms with Crippen molar-refractivity contribution in [3.63, 3.8) is 0 Å². The van der Waals surface area contributed by atoms with E-state index in [9.17, 15) is 0 Å². The Balaban J connectivity index is 1.95. The third kappa shape index (κ3) is 1.70. The van der Waals surface area contributed by atoms with E-state index in [4.69, 9.17) is 0 Å². The van der Waals surface area contributed by atoms with Crippen molar-refractivity contribution in [3.05, 3.63) is 0 Å². The van der Waals surface area contributed by atoms with Gasteiger partial charge in [-0.05, 0) is 38.1 Å². The lowest BCUT2D eigenvalue weighted by molar-refractivity contribution is 0.239. The first-order valence-electron chi connectivity index (χ1n) is 6.19. The molecule has 1 aliphatic carbocycles. The average molecular weight is 196 g/mol. The molecule has 0 aromatic heterocycles. The Labute approximate surface area is 88.1 Å². The van der Waals surface area contributed by atoms with Gasteiger partial charge in [-0.1, -0.05) is 13.8 Å². The molecule has 0 radical (unpaired) electrons. The van der Waals surface area contributed by atoms with Gasteiger partial charge in [-0.3, -0.25) is 4.90 Å². The zero-order valence-corrected chi connectivity index (χ0v) is 9.84. The van der Waals surface area contributed by atoms with Crippen LogP contribution in [0.2, 0.25) is 0 Å². The van der Waals surface area contributed by atoms with Gasteiger partial charge in [-0.2, -0.15) is 0 Å². The fourth-order valence-electron chi connectivity index (χ4n) is 2.80. The summed E-state index contributed by atoms with van der Waals surface area (Å²) in [6, 6.07) is 1.55. The number of rotatable bonds is 4. The molecule has 0 amide bonds. The molecule has 82 valence electrons. The van der Waals surface area contributed by atoms with Crippen molar-refractivity contribution in [3.8, 4) is 0 Å². The quantitative estimate of drug-likeness (QED) is 0.738. The second-order valence-electron chi connectivity index (χ2n) is 5.16. The van der Waals surface area contributed by atoms with E-state index in [1.54, 1.807) is 0 Å². The number of nitrogens with zero attached hydrogens (tertiary/aromatic N) is 1. The van der Waals surface area contributed by atoms with E-state index >= 15 is 0 Å². The van der Waals surface area contributed by atoms with E-state index in [-0.39, 0.29) is 0 Å². The van der Waals surface area contributed by atoms with Crippen molar-refractivity contribution in [2.75, 3.05) is 19.6 Å². The van der Waals surface area contributed by atoms with Crippen LogP contribution in [0.15, 0.2) is 0 Å². The van der Waals surface area contributed by atoms with E-state index in [0.717, 1.165) is 18.6 Å². The van der Waals surface area contributed by atoms with E-state index in [2.05, 4.69) is 31.0 Å². The molecule has 2 fully saturated rings. The summed E-state index contributed by atoms with van der Waals surface area (Å²) >= 11 is 0. The summed E-state index contributed by atoms with van der Waals surface area (Å²) in [6.45, 7) is 10.6. The van der Waals surface area contributed by atoms with Crippen molar-refractivity contribution < 1.29 is 0 Å². The zero-order valence-electron chi connectivity index (χ0n) is 9.84. The molecule has 2 nitrogen and oxygen atoms in total. The standard InChI is InChI=1S/C12H24N2/c1-4-10(3)14-8-11(13-5-2)12(9-14)6-7-12/h10-11,13H,4-9H2,1-3H3. The normalized spacial score (nSPS) is 32.4. The maximum absolute atomic E-state index is 3.66. The Morgan fingerprint density at radius 3 is 2.64 bits per heavy atom. The molecular formula is C12H24N2. The Morgan fingerprint density at radius 1 is 1.43 bits per heavy atom. The Hall–Kier alpha value is -0.0800. The first-order valence-corrected chi connectivity index (χ1v) is 6.19. The number of likely N-dealkylation sites (tertiary alicyclic amines) is 1. The van der Waals surface area contributed by atoms with E-state index in [1.807, 2.05) is 0 Å². The molecule has 0 bridgehead atoms. The highest BCUT2D eigenvalue weighted by molar-refractivity contribution is 5.10. The molecule has 2 rings (SSSR count). The van der Waals surface area contributed by atoms with Crippen molar-refractivity contribution in [2.24, 2.45) is 5.41 Å². The Bertz CT molecular complexity index is 198. The number of likely N-dealkylation sites (N-methyl/N-ethyl adjacent to an activating group) is 1. The highest BCUT2D eigenvalue weighted by Gasteiger charge is 2.54. The van der Waals surface area contributed by atoms with Gasteiger partial charge in [0.05, 0.1) is 0 Å². The van der Waals surface area contributed by atoms with Crippen LogP contribution in [-0.2, 0) is 0 Å². The predicted molar refractivity (Wildman–Crippen MR) is 60.5 cm³/mol. The highest BCUT2D eigenvalue weighted by atomic mass is 15.2. The summed E-state index contributed by atoms with van der Waals surface area (Å²) in [5.74, 6) is 0. The lowest BCUT2D eigenvalue weighted by atomic mass is 10.0. The van der Waals surface area contributed by atoms with Crippen LogP contribution in [-0.4, -0.2) is 36.6 Å². The van der Waals surface area contributed by atoms with Gasteiger partial charge < -0.3 is 5.32 Å². The Kier molecular flexibility index (Phi) is 2.85. The molecule has 1 aliphatic heterocycles. The van der Waals surface area contributed by atoms with Gasteiger partial charge in [-0.15, -0.1) is 0 Å². The highest BCUT2D eigenvalue weighted by Crippen LogP contribution is 2.53. The van der Waals surface area contributed by atoms with Gasteiger partial charge in [-0.25, -0.2) is 0 Å². The van der Waals surface area contributed by atoms with Crippen LogP contribution in [0.4, 0.5) is 0 Å². The number of hydrogen-bond acceptors (Lipinski definition) is 2. The van der Waals surface area contributed by atoms with E-state index in [0.29, 0.717) is 5.41 Å². The van der Waals surface area contributed by atoms with Crippen molar-refractivity contribution >= 4 is 0 Å². The predicted octanol–water partition coefficient (Wildman–Crippen LogP) is 1.86. The lowest BCUT2D eigenvalue weighted by Crippen LogP contribution is -2.38. The van der Waals surface area contributed by atoms with Crippen LogP contribution in [0.3, 0.4) is 0 Å². The summed E-state index contributed by atoms with van der Waals surface area (Å²) in [6.07, 6.45) is 4.20. The molecule has 2 unspecified atom stereocenters. The Morgan fingerprint density at radius 2 is 2.14 bits per heavy atom. The fraction of sp³-hybridized carbons (Fsp3) is 1.00. The molecule has 2 heteroatoms. The van der Waals surface area contributed by atoms with Crippen molar-refractivity contribution in [2.45, 2.75) is 52.1 Å². The largest absolute Gasteiger partial charge is 0.312 e. The first kappa shape index (κ1) is 10.4. The van der Waals surface area contributed by atoms with Crippen LogP contribution in [0, 0.1) is 5.41 Å². The van der Waals surface area contributed by atoms with Gasteiger partial charge in [0.15, 0.2) is 0 Å². The summed E-state index contributed by atoms with van der Waals surface area (Å²) in [4.78, 5) is 2.68. The average Bonchev–Trinajstić information content (AvgIpc) is 2.86. The van der Waals surface area contributed by atoms with Crippen molar-refractivity contribution in [1.82, 2.24) is 10.2 Å².